The summed E-state index contributed by atoms with van der Waals surface area (Å²) in [4.78, 5) is 39.2. The molecular weight excluding hydrogens is 346 g/mol. The minimum absolute atomic E-state index is 0.0709. The zero-order valence-corrected chi connectivity index (χ0v) is 14.4. The summed E-state index contributed by atoms with van der Waals surface area (Å²) in [6, 6.07) is 6.67. The molecule has 0 aliphatic carbocycles. The molecule has 0 unspecified atom stereocenters. The maximum Gasteiger partial charge on any atom is 0.350 e. The van der Waals surface area contributed by atoms with Crippen LogP contribution in [0.4, 0.5) is 0 Å². The van der Waals surface area contributed by atoms with Gasteiger partial charge in [0.25, 0.3) is 5.91 Å². The van der Waals surface area contributed by atoms with Gasteiger partial charge in [0.2, 0.25) is 0 Å². The fraction of sp³-hybridized carbons (Fsp3) is 0.375. The molecule has 0 saturated carbocycles. The van der Waals surface area contributed by atoms with Gasteiger partial charge in [-0.1, -0.05) is 37.3 Å². The first-order valence-corrected chi connectivity index (χ1v) is 8.70. The third kappa shape index (κ3) is 4.58. The highest BCUT2D eigenvalue weighted by molar-refractivity contribution is 8.00. The standard InChI is InChI=1S/C16H19N3O5S/c1-8-7-25-14(19-11(8)15(21)22)12(16(23)24)18-13(20)10(17)9-5-3-2-4-6-9/h2-6,8,10,12,14H,7,17H2,1H3,(H,18,20)(H,21,22)(H,23,24)/p+1/t8-,10-,12+,14-/m1/s1. The number of hydrogen-bond donors (Lipinski definition) is 4. The number of rotatable bonds is 6. The molecule has 8 nitrogen and oxygen atoms in total. The molecule has 25 heavy (non-hydrogen) atoms. The smallest absolute Gasteiger partial charge is 0.350 e. The predicted octanol–water partition coefficient (Wildman–Crippen LogP) is -0.226. The molecule has 1 aromatic rings. The van der Waals surface area contributed by atoms with Gasteiger partial charge >= 0.3 is 11.9 Å². The van der Waals surface area contributed by atoms with Gasteiger partial charge in [0.1, 0.15) is 11.1 Å². The number of quaternary nitrogens is 1. The monoisotopic (exact) mass is 366 g/mol. The molecule has 0 spiro atoms. The third-order valence-corrected chi connectivity index (χ3v) is 5.25. The van der Waals surface area contributed by atoms with Crippen molar-refractivity contribution in [3.05, 3.63) is 35.9 Å². The number of aliphatic imine (C=N–C) groups is 1. The van der Waals surface area contributed by atoms with Crippen molar-refractivity contribution in [2.45, 2.75) is 24.4 Å². The van der Waals surface area contributed by atoms with Gasteiger partial charge in [-0.15, -0.1) is 11.8 Å². The predicted molar refractivity (Wildman–Crippen MR) is 92.1 cm³/mol. The molecule has 0 bridgehead atoms. The normalized spacial score (nSPS) is 22.4. The molecule has 0 fully saturated rings. The molecule has 9 heteroatoms. The van der Waals surface area contributed by atoms with Gasteiger partial charge in [-0.2, -0.15) is 0 Å². The number of nitrogens with zero attached hydrogens (tertiary/aromatic N) is 1. The van der Waals surface area contributed by atoms with Crippen LogP contribution in [-0.2, 0) is 14.4 Å². The molecule has 1 aliphatic heterocycles. The van der Waals surface area contributed by atoms with E-state index in [1.54, 1.807) is 37.3 Å². The fourth-order valence-electron chi connectivity index (χ4n) is 2.41. The van der Waals surface area contributed by atoms with E-state index in [0.717, 1.165) is 0 Å². The van der Waals surface area contributed by atoms with Crippen LogP contribution >= 0.6 is 11.8 Å². The van der Waals surface area contributed by atoms with Crippen LogP contribution < -0.4 is 11.1 Å². The molecule has 1 aliphatic rings. The molecule has 0 radical (unpaired) electrons. The first kappa shape index (κ1) is 18.9. The van der Waals surface area contributed by atoms with E-state index in [4.69, 9.17) is 0 Å². The Hall–Kier alpha value is -2.39. The topological polar surface area (TPSA) is 144 Å². The average molecular weight is 366 g/mol. The number of carbonyl (C=O) groups is 3. The summed E-state index contributed by atoms with van der Waals surface area (Å²) < 4.78 is 0. The van der Waals surface area contributed by atoms with Gasteiger partial charge in [0.15, 0.2) is 12.1 Å². The first-order valence-electron chi connectivity index (χ1n) is 7.65. The Morgan fingerprint density at radius 1 is 1.28 bits per heavy atom. The number of benzene rings is 1. The number of thioether (sulfide) groups is 1. The lowest BCUT2D eigenvalue weighted by atomic mass is 10.1. The van der Waals surface area contributed by atoms with Crippen molar-refractivity contribution in [2.24, 2.45) is 10.9 Å². The lowest BCUT2D eigenvalue weighted by molar-refractivity contribution is -0.409. The molecule has 1 amide bonds. The minimum atomic E-state index is -1.33. The maximum atomic E-state index is 12.4. The second-order valence-electron chi connectivity index (χ2n) is 5.73. The van der Waals surface area contributed by atoms with Crippen molar-refractivity contribution < 1.29 is 30.3 Å². The van der Waals surface area contributed by atoms with E-state index in [-0.39, 0.29) is 11.6 Å². The summed E-state index contributed by atoms with van der Waals surface area (Å²) in [6.07, 6.45) is 0. The average Bonchev–Trinajstić information content (AvgIpc) is 2.59. The van der Waals surface area contributed by atoms with Crippen molar-refractivity contribution in [2.75, 3.05) is 5.75 Å². The van der Waals surface area contributed by atoms with Crippen molar-refractivity contribution in [3.63, 3.8) is 0 Å². The summed E-state index contributed by atoms with van der Waals surface area (Å²) in [5.41, 5.74) is 4.36. The largest absolute Gasteiger partial charge is 0.480 e. The number of carboxylic acids is 2. The Bertz CT molecular complexity index is 694. The Kier molecular flexibility index (Phi) is 6.16. The Labute approximate surface area is 148 Å². The SMILES string of the molecule is C[C@@H]1CS[C@H]([C@H](NC(=O)[C@H]([NH3+])c2ccccc2)C(=O)O)N=C1C(=O)O. The molecule has 134 valence electrons. The van der Waals surface area contributed by atoms with Crippen molar-refractivity contribution >= 4 is 35.3 Å². The number of nitrogens with one attached hydrogen (secondary N) is 1. The van der Waals surface area contributed by atoms with Crippen LogP contribution in [-0.4, -0.2) is 50.9 Å². The fourth-order valence-corrected chi connectivity index (χ4v) is 3.61. The second kappa shape index (κ2) is 8.13. The summed E-state index contributed by atoms with van der Waals surface area (Å²) in [5.74, 6) is -2.86. The van der Waals surface area contributed by atoms with Crippen LogP contribution in [0.3, 0.4) is 0 Å². The zero-order chi connectivity index (χ0) is 18.6. The van der Waals surface area contributed by atoms with E-state index in [1.165, 1.54) is 11.8 Å². The minimum Gasteiger partial charge on any atom is -0.480 e. The number of carboxylic acid groups (broad SMARTS) is 2. The molecule has 6 N–H and O–H groups in total. The number of aliphatic carboxylic acids is 2. The van der Waals surface area contributed by atoms with Gasteiger partial charge in [0, 0.05) is 17.2 Å². The van der Waals surface area contributed by atoms with Crippen molar-refractivity contribution in [3.8, 4) is 0 Å². The Morgan fingerprint density at radius 2 is 1.92 bits per heavy atom. The van der Waals surface area contributed by atoms with E-state index in [0.29, 0.717) is 11.3 Å². The molecule has 2 rings (SSSR count). The van der Waals surface area contributed by atoms with Gasteiger partial charge in [-0.05, 0) is 0 Å². The molecule has 4 atom stereocenters. The van der Waals surface area contributed by atoms with Crippen molar-refractivity contribution in [1.82, 2.24) is 5.32 Å². The summed E-state index contributed by atoms with van der Waals surface area (Å²) in [7, 11) is 0. The van der Waals surface area contributed by atoms with Gasteiger partial charge in [-0.3, -0.25) is 9.79 Å². The van der Waals surface area contributed by atoms with Gasteiger partial charge < -0.3 is 21.3 Å². The quantitative estimate of drug-likeness (QED) is 0.548. The highest BCUT2D eigenvalue weighted by Crippen LogP contribution is 2.27. The molecule has 1 heterocycles. The molecule has 0 saturated heterocycles. The van der Waals surface area contributed by atoms with Crippen LogP contribution in [0.1, 0.15) is 18.5 Å². The number of amides is 1. The first-order chi connectivity index (χ1) is 11.8. The second-order valence-corrected chi connectivity index (χ2v) is 6.88. The summed E-state index contributed by atoms with van der Waals surface area (Å²) in [5, 5.41) is 20.2. The lowest BCUT2D eigenvalue weighted by Crippen LogP contribution is -2.62. The molecular formula is C16H20N3O5S+. The van der Waals surface area contributed by atoms with Crippen LogP contribution in [0.15, 0.2) is 35.3 Å². The van der Waals surface area contributed by atoms with E-state index >= 15 is 0 Å². The van der Waals surface area contributed by atoms with Crippen molar-refractivity contribution in [1.29, 1.82) is 0 Å². The maximum absolute atomic E-state index is 12.4. The molecule has 1 aromatic carbocycles. The van der Waals surface area contributed by atoms with Crippen LogP contribution in [0.25, 0.3) is 0 Å². The highest BCUT2D eigenvalue weighted by atomic mass is 32.2. The third-order valence-electron chi connectivity index (χ3n) is 3.84. The van der Waals surface area contributed by atoms with Crippen LogP contribution in [0.5, 0.6) is 0 Å². The highest BCUT2D eigenvalue weighted by Gasteiger charge is 2.37. The number of carbonyl (C=O) groups excluding carboxylic acids is 1. The summed E-state index contributed by atoms with van der Waals surface area (Å²) in [6.45, 7) is 1.71. The van der Waals surface area contributed by atoms with E-state index in [9.17, 15) is 24.6 Å². The van der Waals surface area contributed by atoms with E-state index in [1.807, 2.05) is 0 Å². The van der Waals surface area contributed by atoms with E-state index < -0.39 is 35.3 Å². The van der Waals surface area contributed by atoms with Crippen LogP contribution in [0, 0.1) is 5.92 Å². The molecule has 0 aromatic heterocycles. The lowest BCUT2D eigenvalue weighted by Gasteiger charge is -2.28. The Morgan fingerprint density at radius 3 is 2.48 bits per heavy atom. The zero-order valence-electron chi connectivity index (χ0n) is 13.6. The number of hydrogen-bond acceptors (Lipinski definition) is 5. The van der Waals surface area contributed by atoms with Gasteiger partial charge in [0.05, 0.1) is 0 Å². The Balaban J connectivity index is 2.17. The summed E-state index contributed by atoms with van der Waals surface area (Å²) >= 11 is 1.21. The van der Waals surface area contributed by atoms with Gasteiger partial charge in [-0.25, -0.2) is 9.59 Å². The van der Waals surface area contributed by atoms with E-state index in [2.05, 4.69) is 16.0 Å². The van der Waals surface area contributed by atoms with Crippen LogP contribution in [0.2, 0.25) is 0 Å².